The van der Waals surface area contributed by atoms with Gasteiger partial charge in [-0.05, 0) is 17.5 Å². The van der Waals surface area contributed by atoms with E-state index in [9.17, 15) is 9.59 Å². The molecule has 0 fully saturated rings. The van der Waals surface area contributed by atoms with Crippen LogP contribution >= 0.6 is 0 Å². The fourth-order valence-corrected chi connectivity index (χ4v) is 3.83. The van der Waals surface area contributed by atoms with Crippen LogP contribution in [0.4, 0.5) is 5.82 Å². The predicted molar refractivity (Wildman–Crippen MR) is 104 cm³/mol. The largest absolute Gasteiger partial charge is 0.373 e. The number of para-hydroxylation sites is 1. The maximum atomic E-state index is 13.2. The summed E-state index contributed by atoms with van der Waals surface area (Å²) in [6.07, 6.45) is 0. The van der Waals surface area contributed by atoms with Crippen molar-refractivity contribution in [2.75, 3.05) is 12.4 Å². The zero-order valence-electron chi connectivity index (χ0n) is 14.6. The van der Waals surface area contributed by atoms with Gasteiger partial charge >= 0.3 is 0 Å². The van der Waals surface area contributed by atoms with E-state index in [4.69, 9.17) is 0 Å². The van der Waals surface area contributed by atoms with Gasteiger partial charge in [-0.25, -0.2) is 9.97 Å². The van der Waals surface area contributed by atoms with Gasteiger partial charge < -0.3 is 5.32 Å². The second-order valence-corrected chi connectivity index (χ2v) is 6.57. The summed E-state index contributed by atoms with van der Waals surface area (Å²) in [5.74, 6) is -0.682. The number of Topliss-reactive ketones (excluding diaryl/α,β-unsaturated/α-hetero) is 2. The summed E-state index contributed by atoms with van der Waals surface area (Å²) in [7, 11) is 1.76. The van der Waals surface area contributed by atoms with Crippen molar-refractivity contribution < 1.29 is 9.59 Å². The molecule has 4 aromatic rings. The first-order valence-corrected chi connectivity index (χ1v) is 8.73. The SMILES string of the molecule is CNc1nc(C2C(=O)c3cccc4cccc(c34)C2=O)nc2ccccc12. The number of benzene rings is 3. The molecule has 0 bridgehead atoms. The van der Waals surface area contributed by atoms with Crippen molar-refractivity contribution in [2.45, 2.75) is 5.92 Å². The van der Waals surface area contributed by atoms with E-state index < -0.39 is 5.92 Å². The average molecular weight is 353 g/mol. The van der Waals surface area contributed by atoms with E-state index in [0.29, 0.717) is 22.5 Å². The number of aromatic nitrogens is 2. The Bertz CT molecular complexity index is 1210. The molecular weight excluding hydrogens is 338 g/mol. The van der Waals surface area contributed by atoms with Gasteiger partial charge in [0.2, 0.25) is 0 Å². The maximum Gasteiger partial charge on any atom is 0.182 e. The molecular formula is C22H15N3O2. The molecule has 0 amide bonds. The Morgan fingerprint density at radius 2 is 1.48 bits per heavy atom. The molecule has 0 atom stereocenters. The molecule has 5 nitrogen and oxygen atoms in total. The van der Waals surface area contributed by atoms with E-state index in [-0.39, 0.29) is 17.4 Å². The molecule has 0 unspecified atom stereocenters. The Morgan fingerprint density at radius 3 is 2.15 bits per heavy atom. The van der Waals surface area contributed by atoms with Crippen molar-refractivity contribution >= 4 is 39.1 Å². The third-order valence-electron chi connectivity index (χ3n) is 5.08. The van der Waals surface area contributed by atoms with Crippen LogP contribution in [0.25, 0.3) is 21.7 Å². The summed E-state index contributed by atoms with van der Waals surface area (Å²) in [5.41, 5.74) is 1.80. The predicted octanol–water partition coefficient (Wildman–Crippen LogP) is 3.99. The third-order valence-corrected chi connectivity index (χ3v) is 5.08. The molecule has 0 radical (unpaired) electrons. The number of nitrogens with one attached hydrogen (secondary N) is 1. The molecule has 0 spiro atoms. The Kier molecular flexibility index (Phi) is 3.31. The van der Waals surface area contributed by atoms with Crippen LogP contribution in [0.3, 0.4) is 0 Å². The van der Waals surface area contributed by atoms with Crippen molar-refractivity contribution in [2.24, 2.45) is 0 Å². The number of anilines is 1. The first kappa shape index (κ1) is 15.6. The highest BCUT2D eigenvalue weighted by atomic mass is 16.2. The minimum Gasteiger partial charge on any atom is -0.373 e. The Labute approximate surface area is 155 Å². The monoisotopic (exact) mass is 353 g/mol. The summed E-state index contributed by atoms with van der Waals surface area (Å²) in [6.45, 7) is 0. The number of ketones is 2. The quantitative estimate of drug-likeness (QED) is 0.552. The lowest BCUT2D eigenvalue weighted by atomic mass is 9.79. The molecule has 130 valence electrons. The standard InChI is InChI=1S/C22H15N3O2/c1-23-21-13-8-2-3-11-16(13)24-22(25-21)18-19(26)14-9-4-6-12-7-5-10-15(17(12)14)20(18)27/h2-11,18H,1H3,(H,23,24,25). The zero-order chi connectivity index (χ0) is 18.5. The molecule has 3 aromatic carbocycles. The molecule has 1 N–H and O–H groups in total. The molecule has 5 rings (SSSR count). The lowest BCUT2D eigenvalue weighted by molar-refractivity contribution is 0.0851. The highest BCUT2D eigenvalue weighted by Crippen LogP contribution is 2.36. The summed E-state index contributed by atoms with van der Waals surface area (Å²) in [6, 6.07) is 18.6. The van der Waals surface area contributed by atoms with Gasteiger partial charge in [-0.15, -0.1) is 0 Å². The second-order valence-electron chi connectivity index (χ2n) is 6.57. The topological polar surface area (TPSA) is 72.0 Å². The van der Waals surface area contributed by atoms with Gasteiger partial charge in [-0.3, -0.25) is 9.59 Å². The van der Waals surface area contributed by atoms with E-state index in [1.54, 1.807) is 19.2 Å². The van der Waals surface area contributed by atoms with E-state index in [1.807, 2.05) is 48.5 Å². The minimum absolute atomic E-state index is 0.236. The second kappa shape index (κ2) is 5.71. The average Bonchev–Trinajstić information content (AvgIpc) is 2.71. The van der Waals surface area contributed by atoms with Crippen molar-refractivity contribution in [3.63, 3.8) is 0 Å². The number of hydrogen-bond donors (Lipinski definition) is 1. The van der Waals surface area contributed by atoms with Gasteiger partial charge in [-0.1, -0.05) is 48.5 Å². The van der Waals surface area contributed by atoms with Crippen LogP contribution in [-0.4, -0.2) is 28.6 Å². The van der Waals surface area contributed by atoms with Crippen LogP contribution in [0.2, 0.25) is 0 Å². The highest BCUT2D eigenvalue weighted by Gasteiger charge is 2.39. The molecule has 5 heteroatoms. The van der Waals surface area contributed by atoms with E-state index in [0.717, 1.165) is 16.2 Å². The molecule has 27 heavy (non-hydrogen) atoms. The Hall–Kier alpha value is -3.60. The third kappa shape index (κ3) is 2.18. The van der Waals surface area contributed by atoms with Crippen molar-refractivity contribution in [3.05, 3.63) is 77.6 Å². The summed E-state index contributed by atoms with van der Waals surface area (Å²) in [5, 5.41) is 5.51. The van der Waals surface area contributed by atoms with Crippen molar-refractivity contribution in [1.29, 1.82) is 0 Å². The van der Waals surface area contributed by atoms with Crippen LogP contribution in [-0.2, 0) is 0 Å². The number of rotatable bonds is 2. The lowest BCUT2D eigenvalue weighted by Crippen LogP contribution is -2.29. The smallest absolute Gasteiger partial charge is 0.182 e. The first-order chi connectivity index (χ1) is 13.2. The van der Waals surface area contributed by atoms with Crippen molar-refractivity contribution in [1.82, 2.24) is 9.97 Å². The molecule has 0 saturated heterocycles. The lowest BCUT2D eigenvalue weighted by Gasteiger charge is -2.22. The van der Waals surface area contributed by atoms with Crippen LogP contribution in [0.1, 0.15) is 32.5 Å². The van der Waals surface area contributed by atoms with Gasteiger partial charge in [-0.2, -0.15) is 0 Å². The molecule has 1 aromatic heterocycles. The molecule has 1 heterocycles. The van der Waals surface area contributed by atoms with Crippen molar-refractivity contribution in [3.8, 4) is 0 Å². The number of carbonyl (C=O) groups is 2. The molecule has 0 aliphatic heterocycles. The highest BCUT2D eigenvalue weighted by molar-refractivity contribution is 6.31. The van der Waals surface area contributed by atoms with E-state index >= 15 is 0 Å². The number of carbonyl (C=O) groups excluding carboxylic acids is 2. The molecule has 0 saturated carbocycles. The summed E-state index contributed by atoms with van der Waals surface area (Å²) in [4.78, 5) is 35.5. The number of fused-ring (bicyclic) bond motifs is 1. The van der Waals surface area contributed by atoms with E-state index in [1.165, 1.54) is 0 Å². The van der Waals surface area contributed by atoms with Gasteiger partial charge in [0.1, 0.15) is 17.6 Å². The summed E-state index contributed by atoms with van der Waals surface area (Å²) < 4.78 is 0. The van der Waals surface area contributed by atoms with E-state index in [2.05, 4.69) is 15.3 Å². The number of nitrogens with zero attached hydrogens (tertiary/aromatic N) is 2. The zero-order valence-corrected chi connectivity index (χ0v) is 14.6. The van der Waals surface area contributed by atoms with Crippen LogP contribution in [0.15, 0.2) is 60.7 Å². The Balaban J connectivity index is 1.77. The van der Waals surface area contributed by atoms with Gasteiger partial charge in [0.05, 0.1) is 5.52 Å². The van der Waals surface area contributed by atoms with Crippen LogP contribution < -0.4 is 5.32 Å². The van der Waals surface area contributed by atoms with Gasteiger partial charge in [0.25, 0.3) is 0 Å². The first-order valence-electron chi connectivity index (χ1n) is 8.73. The summed E-state index contributed by atoms with van der Waals surface area (Å²) >= 11 is 0. The normalized spacial score (nSPS) is 14.1. The molecule has 1 aliphatic rings. The Morgan fingerprint density at radius 1 is 0.815 bits per heavy atom. The van der Waals surface area contributed by atoms with Crippen LogP contribution in [0.5, 0.6) is 0 Å². The van der Waals surface area contributed by atoms with Gasteiger partial charge in [0.15, 0.2) is 11.6 Å². The van der Waals surface area contributed by atoms with Crippen LogP contribution in [0, 0.1) is 0 Å². The number of hydrogen-bond acceptors (Lipinski definition) is 5. The fourth-order valence-electron chi connectivity index (χ4n) is 3.83. The minimum atomic E-state index is -1.03. The molecule has 1 aliphatic carbocycles. The maximum absolute atomic E-state index is 13.2. The van der Waals surface area contributed by atoms with Gasteiger partial charge in [0, 0.05) is 28.9 Å². The fraction of sp³-hybridized carbons (Fsp3) is 0.0909.